The lowest BCUT2D eigenvalue weighted by Gasteiger charge is -2.43. The highest BCUT2D eigenvalue weighted by molar-refractivity contribution is 5.91. The van der Waals surface area contributed by atoms with Gasteiger partial charge in [-0.25, -0.2) is 4.79 Å². The fraction of sp³-hybridized carbons (Fsp3) is 0.385. The van der Waals surface area contributed by atoms with Crippen LogP contribution in [0.15, 0.2) is 48.5 Å². The number of ether oxygens (including phenoxy) is 1. The van der Waals surface area contributed by atoms with Crippen molar-refractivity contribution in [3.63, 3.8) is 0 Å². The van der Waals surface area contributed by atoms with Crippen LogP contribution in [0.3, 0.4) is 0 Å². The Balaban J connectivity index is 1.69. The summed E-state index contributed by atoms with van der Waals surface area (Å²) in [6.45, 7) is 0. The van der Waals surface area contributed by atoms with Crippen LogP contribution in [0.25, 0.3) is 10.9 Å². The molecule has 1 saturated carbocycles. The molecule has 176 valence electrons. The van der Waals surface area contributed by atoms with E-state index in [2.05, 4.69) is 4.98 Å². The predicted octanol–water partition coefficient (Wildman–Crippen LogP) is 4.67. The zero-order valence-corrected chi connectivity index (χ0v) is 19.0. The molecule has 1 N–H and O–H groups in total. The molecule has 2 heterocycles. The lowest BCUT2D eigenvalue weighted by molar-refractivity contribution is -0.384. The molecule has 1 fully saturated rings. The number of rotatable bonds is 4. The number of aromatic nitrogens is 1. The van der Waals surface area contributed by atoms with Gasteiger partial charge in [0.15, 0.2) is 0 Å². The molecule has 3 aromatic rings. The van der Waals surface area contributed by atoms with Crippen molar-refractivity contribution in [2.75, 3.05) is 7.11 Å². The molecule has 5 rings (SSSR count). The number of nitro benzene ring substituents is 1. The Morgan fingerprint density at radius 2 is 1.76 bits per heavy atom. The van der Waals surface area contributed by atoms with E-state index in [0.29, 0.717) is 6.42 Å². The van der Waals surface area contributed by atoms with Gasteiger partial charge in [0.2, 0.25) is 5.91 Å². The molecule has 2 unspecified atom stereocenters. The van der Waals surface area contributed by atoms with Crippen molar-refractivity contribution in [3.05, 3.63) is 75.5 Å². The average Bonchev–Trinajstić information content (AvgIpc) is 3.25. The third-order valence-corrected chi connectivity index (χ3v) is 7.23. The summed E-state index contributed by atoms with van der Waals surface area (Å²) in [4.78, 5) is 43.0. The van der Waals surface area contributed by atoms with Gasteiger partial charge in [-0.3, -0.25) is 14.9 Å². The summed E-state index contributed by atoms with van der Waals surface area (Å²) in [5.41, 5.74) is 3.44. The van der Waals surface area contributed by atoms with Crippen molar-refractivity contribution >= 4 is 28.5 Å². The van der Waals surface area contributed by atoms with Gasteiger partial charge in [0.05, 0.1) is 18.1 Å². The zero-order chi connectivity index (χ0) is 23.8. The first-order chi connectivity index (χ1) is 16.5. The van der Waals surface area contributed by atoms with Crippen LogP contribution >= 0.6 is 0 Å². The summed E-state index contributed by atoms with van der Waals surface area (Å²) in [5, 5.41) is 12.2. The Kier molecular flexibility index (Phi) is 5.81. The van der Waals surface area contributed by atoms with Crippen molar-refractivity contribution in [3.8, 4) is 0 Å². The summed E-state index contributed by atoms with van der Waals surface area (Å²) in [5.74, 6) is -0.651. The third kappa shape index (κ3) is 3.73. The topological polar surface area (TPSA) is 106 Å². The molecule has 0 bridgehead atoms. The van der Waals surface area contributed by atoms with E-state index in [1.807, 2.05) is 24.3 Å². The maximum Gasteiger partial charge on any atom is 0.328 e. The maximum absolute atomic E-state index is 14.0. The van der Waals surface area contributed by atoms with Crippen molar-refractivity contribution in [1.82, 2.24) is 9.88 Å². The van der Waals surface area contributed by atoms with Gasteiger partial charge >= 0.3 is 5.97 Å². The van der Waals surface area contributed by atoms with E-state index in [4.69, 9.17) is 4.74 Å². The molecule has 1 aliphatic heterocycles. The standard InChI is InChI=1S/C26H27N3O5/c1-34-26(31)22-15-20-19-9-5-6-10-21(19)27-23(20)24(16-11-13-18(14-12-16)29(32)33)28(22)25(30)17-7-3-2-4-8-17/h5-6,9-14,17,22,24,27H,2-4,7-8,15H2,1H3. The van der Waals surface area contributed by atoms with Gasteiger partial charge in [-0.1, -0.05) is 37.5 Å². The Labute approximate surface area is 197 Å². The second-order valence-electron chi connectivity index (χ2n) is 9.14. The smallest absolute Gasteiger partial charge is 0.328 e. The molecule has 8 heteroatoms. The number of hydrogen-bond donors (Lipinski definition) is 1. The number of nitrogens with zero attached hydrogens (tertiary/aromatic N) is 2. The number of carbonyl (C=O) groups is 2. The van der Waals surface area contributed by atoms with E-state index >= 15 is 0 Å². The Bertz CT molecular complexity index is 1240. The van der Waals surface area contributed by atoms with Gasteiger partial charge in [0.1, 0.15) is 6.04 Å². The summed E-state index contributed by atoms with van der Waals surface area (Å²) < 4.78 is 5.16. The quantitative estimate of drug-likeness (QED) is 0.345. The maximum atomic E-state index is 14.0. The third-order valence-electron chi connectivity index (χ3n) is 7.23. The summed E-state index contributed by atoms with van der Waals surface area (Å²) in [6.07, 6.45) is 5.06. The molecular formula is C26H27N3O5. The first-order valence-electron chi connectivity index (χ1n) is 11.7. The number of para-hydroxylation sites is 1. The number of carbonyl (C=O) groups excluding carboxylic acids is 2. The number of methoxy groups -OCH3 is 1. The van der Waals surface area contributed by atoms with Gasteiger partial charge in [0, 0.05) is 41.1 Å². The molecule has 0 spiro atoms. The predicted molar refractivity (Wildman–Crippen MR) is 126 cm³/mol. The van der Waals surface area contributed by atoms with Crippen LogP contribution in [0.4, 0.5) is 5.69 Å². The Morgan fingerprint density at radius 1 is 1.06 bits per heavy atom. The molecule has 1 aliphatic carbocycles. The fourth-order valence-electron chi connectivity index (χ4n) is 5.56. The number of esters is 1. The van der Waals surface area contributed by atoms with E-state index in [1.54, 1.807) is 17.0 Å². The minimum atomic E-state index is -0.772. The van der Waals surface area contributed by atoms with E-state index in [9.17, 15) is 19.7 Å². The fourth-order valence-corrected chi connectivity index (χ4v) is 5.56. The van der Waals surface area contributed by atoms with E-state index in [1.165, 1.54) is 19.2 Å². The molecule has 2 aromatic carbocycles. The lowest BCUT2D eigenvalue weighted by Crippen LogP contribution is -2.53. The van der Waals surface area contributed by atoms with Crippen molar-refractivity contribution < 1.29 is 19.2 Å². The van der Waals surface area contributed by atoms with Crippen LogP contribution in [0, 0.1) is 16.0 Å². The number of hydrogen-bond acceptors (Lipinski definition) is 5. The highest BCUT2D eigenvalue weighted by Crippen LogP contribution is 2.43. The van der Waals surface area contributed by atoms with Crippen LogP contribution in [0.1, 0.15) is 55.0 Å². The van der Waals surface area contributed by atoms with Gasteiger partial charge < -0.3 is 14.6 Å². The first kappa shape index (κ1) is 22.1. The number of H-pyrrole nitrogens is 1. The molecule has 34 heavy (non-hydrogen) atoms. The second kappa shape index (κ2) is 8.93. The first-order valence-corrected chi connectivity index (χ1v) is 11.7. The Hall–Kier alpha value is -3.68. The van der Waals surface area contributed by atoms with E-state index < -0.39 is 23.0 Å². The number of aromatic amines is 1. The van der Waals surface area contributed by atoms with Crippen molar-refractivity contribution in [2.45, 2.75) is 50.6 Å². The van der Waals surface area contributed by atoms with Gasteiger partial charge in [-0.05, 0) is 42.2 Å². The number of non-ortho nitro benzene ring substituents is 1. The number of amides is 1. The summed E-state index contributed by atoms with van der Waals surface area (Å²) >= 11 is 0. The van der Waals surface area contributed by atoms with Crippen LogP contribution < -0.4 is 0 Å². The highest BCUT2D eigenvalue weighted by atomic mass is 16.6. The monoisotopic (exact) mass is 461 g/mol. The molecule has 8 nitrogen and oxygen atoms in total. The second-order valence-corrected chi connectivity index (χ2v) is 9.14. The lowest BCUT2D eigenvalue weighted by atomic mass is 9.83. The molecular weight excluding hydrogens is 434 g/mol. The van der Waals surface area contributed by atoms with Gasteiger partial charge in [-0.2, -0.15) is 0 Å². The molecule has 2 atom stereocenters. The van der Waals surface area contributed by atoms with Crippen molar-refractivity contribution in [2.24, 2.45) is 5.92 Å². The van der Waals surface area contributed by atoms with Gasteiger partial charge in [-0.15, -0.1) is 0 Å². The average molecular weight is 462 g/mol. The van der Waals surface area contributed by atoms with E-state index in [-0.39, 0.29) is 17.5 Å². The summed E-state index contributed by atoms with van der Waals surface area (Å²) in [7, 11) is 1.34. The Morgan fingerprint density at radius 3 is 2.44 bits per heavy atom. The molecule has 0 saturated heterocycles. The largest absolute Gasteiger partial charge is 0.467 e. The molecule has 1 aromatic heterocycles. The zero-order valence-electron chi connectivity index (χ0n) is 19.0. The van der Waals surface area contributed by atoms with Crippen LogP contribution in [0.5, 0.6) is 0 Å². The summed E-state index contributed by atoms with van der Waals surface area (Å²) in [6, 6.07) is 12.8. The SMILES string of the molecule is COC(=O)C1Cc2c([nH]c3ccccc23)C(c2ccc([N+](=O)[O-])cc2)N1C(=O)C1CCCCC1. The van der Waals surface area contributed by atoms with Gasteiger partial charge in [0.25, 0.3) is 5.69 Å². The normalized spacial score (nSPS) is 20.7. The van der Waals surface area contributed by atoms with Crippen LogP contribution in [-0.2, 0) is 20.7 Å². The number of nitrogens with one attached hydrogen (secondary N) is 1. The van der Waals surface area contributed by atoms with Crippen LogP contribution in [-0.4, -0.2) is 39.8 Å². The molecule has 2 aliphatic rings. The highest BCUT2D eigenvalue weighted by Gasteiger charge is 2.45. The van der Waals surface area contributed by atoms with E-state index in [0.717, 1.165) is 59.8 Å². The number of fused-ring (bicyclic) bond motifs is 3. The molecule has 0 radical (unpaired) electrons. The number of benzene rings is 2. The molecule has 1 amide bonds. The van der Waals surface area contributed by atoms with Crippen molar-refractivity contribution in [1.29, 1.82) is 0 Å². The minimum Gasteiger partial charge on any atom is -0.467 e. The number of nitro groups is 1. The minimum absolute atomic E-state index is 0.0221. The van der Waals surface area contributed by atoms with Crippen LogP contribution in [0.2, 0.25) is 0 Å².